The van der Waals surface area contributed by atoms with E-state index in [2.05, 4.69) is 270 Å². The van der Waals surface area contributed by atoms with E-state index in [4.69, 9.17) is 24.4 Å². The van der Waals surface area contributed by atoms with Crippen LogP contribution >= 0.6 is 0 Å². The maximum atomic E-state index is 6.78. The second-order valence-electron chi connectivity index (χ2n) is 22.5. The van der Waals surface area contributed by atoms with Gasteiger partial charge in [-0.2, -0.15) is 0 Å². The first-order valence-corrected chi connectivity index (χ1v) is 29.8. The highest BCUT2D eigenvalue weighted by Crippen LogP contribution is 2.49. The number of hydrogen-bond donors (Lipinski definition) is 0. The van der Waals surface area contributed by atoms with E-state index in [1.807, 2.05) is 49.1 Å². The van der Waals surface area contributed by atoms with Crippen LogP contribution in [0.1, 0.15) is 17.0 Å². The maximum absolute atomic E-state index is 6.78. The fraction of sp³-hybridized carbons (Fsp3) is 0.0123. The third kappa shape index (κ3) is 8.67. The van der Waals surface area contributed by atoms with Gasteiger partial charge in [0.1, 0.15) is 11.2 Å². The monoisotopic (exact) mass is 1120 g/mol. The summed E-state index contributed by atoms with van der Waals surface area (Å²) in [5.74, 6) is -0.0457. The first-order valence-electron chi connectivity index (χ1n) is 29.8. The standard InChI is InChI=1S/C81H52N6O/c1-5-21-64(73-25-9-13-41-82-73)60(17-1)52-29-33-57-46-56(45-52)68-47-53(61-18-2-6-22-65(61)74-26-10-14-42-83-74)30-36-77(68)86(57)58-34-39-80-71(50-58)72-51-59(35-40-81(72)88-80)87-78-37-31-54(62-19-3-7-23-66(62)75-27-11-15-43-84-75)48-69(78)70-49-55(32-38-79(70)87)63-20-4-8-24-67(63)76-28-12-16-44-85-76/h1-51,56H. The Morgan fingerprint density at radius 2 is 0.739 bits per heavy atom. The predicted octanol–water partition coefficient (Wildman–Crippen LogP) is 20.7. The molecule has 1 unspecified atom stereocenters. The molecule has 0 saturated carbocycles. The summed E-state index contributed by atoms with van der Waals surface area (Å²) in [5, 5.41) is 4.35. The molecular weight excluding hydrogens is 1070 g/mol. The zero-order valence-corrected chi connectivity index (χ0v) is 47.6. The zero-order valence-electron chi connectivity index (χ0n) is 47.6. The Bertz CT molecular complexity index is 5190. The van der Waals surface area contributed by atoms with E-state index >= 15 is 0 Å². The third-order valence-electron chi connectivity index (χ3n) is 17.5. The van der Waals surface area contributed by atoms with Crippen LogP contribution < -0.4 is 4.90 Å². The molecule has 6 aromatic heterocycles. The van der Waals surface area contributed by atoms with Crippen molar-refractivity contribution in [3.63, 3.8) is 0 Å². The molecule has 2 aliphatic rings. The van der Waals surface area contributed by atoms with Gasteiger partial charge in [0.25, 0.3) is 0 Å². The number of anilines is 2. The number of rotatable bonds is 10. The van der Waals surface area contributed by atoms with Crippen LogP contribution in [0.25, 0.3) is 133 Å². The fourth-order valence-electron chi connectivity index (χ4n) is 13.4. The predicted molar refractivity (Wildman–Crippen MR) is 360 cm³/mol. The minimum atomic E-state index is -0.0457. The Labute approximate surface area is 508 Å². The lowest BCUT2D eigenvalue weighted by Crippen LogP contribution is -2.21. The molecule has 1 aliphatic carbocycles. The molecule has 7 nitrogen and oxygen atoms in total. The van der Waals surface area contributed by atoms with Gasteiger partial charge in [0, 0.05) is 91.6 Å². The molecule has 0 amide bonds. The molecule has 15 aromatic rings. The molecule has 2 bridgehead atoms. The van der Waals surface area contributed by atoms with Crippen molar-refractivity contribution in [1.29, 1.82) is 0 Å². The van der Waals surface area contributed by atoms with Crippen LogP contribution in [0, 0.1) is 0 Å². The summed E-state index contributed by atoms with van der Waals surface area (Å²) >= 11 is 0. The van der Waals surface area contributed by atoms with Gasteiger partial charge in [-0.05, 0) is 184 Å². The van der Waals surface area contributed by atoms with Gasteiger partial charge in [-0.25, -0.2) is 0 Å². The molecule has 0 radical (unpaired) electrons. The number of benzene rings is 9. The number of allylic oxidation sites excluding steroid dienone is 5. The van der Waals surface area contributed by atoms with Crippen molar-refractivity contribution in [2.45, 2.75) is 5.92 Å². The molecule has 7 heteroatoms. The van der Waals surface area contributed by atoms with Gasteiger partial charge in [0.15, 0.2) is 0 Å². The van der Waals surface area contributed by atoms with E-state index in [9.17, 15) is 0 Å². The average molecular weight is 1130 g/mol. The second kappa shape index (κ2) is 21.1. The van der Waals surface area contributed by atoms with E-state index in [0.717, 1.165) is 156 Å². The van der Waals surface area contributed by atoms with Crippen LogP contribution in [0.2, 0.25) is 0 Å². The molecule has 88 heavy (non-hydrogen) atoms. The van der Waals surface area contributed by atoms with Crippen LogP contribution in [0.15, 0.2) is 320 Å². The van der Waals surface area contributed by atoms with Crippen LogP contribution in [0.4, 0.5) is 11.4 Å². The summed E-state index contributed by atoms with van der Waals surface area (Å²) in [6, 6.07) is 92.8. The van der Waals surface area contributed by atoms with Gasteiger partial charge in [-0.1, -0.05) is 152 Å². The Morgan fingerprint density at radius 1 is 0.318 bits per heavy atom. The van der Waals surface area contributed by atoms with Gasteiger partial charge in [-0.15, -0.1) is 0 Å². The highest BCUT2D eigenvalue weighted by molar-refractivity contribution is 6.13. The first kappa shape index (κ1) is 50.7. The minimum Gasteiger partial charge on any atom is -0.456 e. The Kier molecular flexibility index (Phi) is 12.1. The Morgan fingerprint density at radius 3 is 1.23 bits per heavy atom. The van der Waals surface area contributed by atoms with Gasteiger partial charge >= 0.3 is 0 Å². The normalized spacial score (nSPS) is 13.6. The van der Waals surface area contributed by atoms with Gasteiger partial charge in [-0.3, -0.25) is 19.9 Å². The number of furan rings is 1. The summed E-state index contributed by atoms with van der Waals surface area (Å²) in [5.41, 5.74) is 26.4. The van der Waals surface area contributed by atoms with E-state index in [0.29, 0.717) is 0 Å². The lowest BCUT2D eigenvalue weighted by atomic mass is 9.86. The van der Waals surface area contributed by atoms with Crippen molar-refractivity contribution >= 4 is 60.7 Å². The van der Waals surface area contributed by atoms with E-state index in [-0.39, 0.29) is 5.92 Å². The number of aromatic nitrogens is 5. The lowest BCUT2D eigenvalue weighted by Gasteiger charge is -2.34. The molecule has 9 aromatic carbocycles. The quantitative estimate of drug-likeness (QED) is 0.136. The molecule has 1 aliphatic heterocycles. The SMILES string of the molecule is C1=CC2=CC(C=C1c1ccccc1-c1ccccn1)c1cc(-c3ccccc3-c3ccccn3)ccc1N2c1ccc2oc3ccc(-n4c5ccc(-c6ccccc6-c6ccccn6)cc5c5cc(-c6ccccc6-c6ccccn6)ccc54)cc3c2c1. The van der Waals surface area contributed by atoms with Crippen molar-refractivity contribution in [3.8, 4) is 84.1 Å². The van der Waals surface area contributed by atoms with Crippen LogP contribution in [0.3, 0.4) is 0 Å². The molecule has 7 heterocycles. The van der Waals surface area contributed by atoms with Gasteiger partial charge < -0.3 is 13.9 Å². The molecule has 1 atom stereocenters. The smallest absolute Gasteiger partial charge is 0.135 e. The maximum Gasteiger partial charge on any atom is 0.135 e. The van der Waals surface area contributed by atoms with E-state index < -0.39 is 0 Å². The molecular formula is C81H52N6O. The van der Waals surface area contributed by atoms with Crippen molar-refractivity contribution in [1.82, 2.24) is 24.5 Å². The lowest BCUT2D eigenvalue weighted by molar-refractivity contribution is 0.669. The second-order valence-corrected chi connectivity index (χ2v) is 22.5. The molecule has 17 rings (SSSR count). The van der Waals surface area contributed by atoms with Crippen molar-refractivity contribution in [2.24, 2.45) is 0 Å². The summed E-state index contributed by atoms with van der Waals surface area (Å²) in [6.07, 6.45) is 16.8. The first-order chi connectivity index (χ1) is 43.6. The Balaban J connectivity index is 0.823. The molecule has 0 N–H and O–H groups in total. The van der Waals surface area contributed by atoms with Crippen molar-refractivity contribution in [3.05, 3.63) is 327 Å². The Hall–Kier alpha value is -11.8. The van der Waals surface area contributed by atoms with Gasteiger partial charge in [0.05, 0.1) is 39.5 Å². The fourth-order valence-corrected chi connectivity index (χ4v) is 13.4. The van der Waals surface area contributed by atoms with Crippen molar-refractivity contribution in [2.75, 3.05) is 4.90 Å². The minimum absolute atomic E-state index is 0.0457. The summed E-state index contributed by atoms with van der Waals surface area (Å²) < 4.78 is 9.19. The highest BCUT2D eigenvalue weighted by atomic mass is 16.3. The van der Waals surface area contributed by atoms with Crippen LogP contribution in [-0.4, -0.2) is 24.5 Å². The number of pyridine rings is 4. The summed E-state index contributed by atoms with van der Waals surface area (Å²) in [6.45, 7) is 0. The zero-order chi connectivity index (χ0) is 58.1. The van der Waals surface area contributed by atoms with Crippen LogP contribution in [0.5, 0.6) is 0 Å². The molecule has 0 saturated heterocycles. The molecule has 0 spiro atoms. The number of nitrogens with zero attached hydrogens (tertiary/aromatic N) is 6. The highest BCUT2D eigenvalue weighted by Gasteiger charge is 2.30. The average Bonchev–Trinajstić information content (AvgIpc) is 1.78. The number of fused-ring (bicyclic) bond motifs is 9. The largest absolute Gasteiger partial charge is 0.456 e. The van der Waals surface area contributed by atoms with E-state index in [1.54, 1.807) is 0 Å². The third-order valence-corrected chi connectivity index (χ3v) is 17.5. The van der Waals surface area contributed by atoms with Gasteiger partial charge in [0.2, 0.25) is 0 Å². The van der Waals surface area contributed by atoms with Crippen molar-refractivity contribution < 1.29 is 4.42 Å². The summed E-state index contributed by atoms with van der Waals surface area (Å²) in [7, 11) is 0. The van der Waals surface area contributed by atoms with Crippen LogP contribution in [-0.2, 0) is 0 Å². The summed E-state index contributed by atoms with van der Waals surface area (Å²) in [4.78, 5) is 21.6. The topological polar surface area (TPSA) is 72.9 Å². The molecule has 0 fully saturated rings. The number of hydrogen-bond acceptors (Lipinski definition) is 6. The van der Waals surface area contributed by atoms with E-state index in [1.165, 1.54) is 5.56 Å². The molecule has 412 valence electrons.